The second-order valence-corrected chi connectivity index (χ2v) is 4.30. The molecule has 7 heteroatoms. The van der Waals surface area contributed by atoms with E-state index >= 15 is 0 Å². The lowest BCUT2D eigenvalue weighted by Crippen LogP contribution is -2.57. The molecular weight excluding hydrogens is 230 g/mol. The van der Waals surface area contributed by atoms with E-state index in [2.05, 4.69) is 5.32 Å². The first-order valence-electron chi connectivity index (χ1n) is 5.18. The van der Waals surface area contributed by atoms with Gasteiger partial charge in [-0.1, -0.05) is 6.92 Å². The molecule has 5 N–H and O–H groups in total. The molecule has 0 aromatic rings. The predicted octanol–water partition coefficient (Wildman–Crippen LogP) is -1.68. The van der Waals surface area contributed by atoms with E-state index in [1.54, 1.807) is 0 Å². The van der Waals surface area contributed by atoms with E-state index in [4.69, 9.17) is 15.3 Å². The largest absolute Gasteiger partial charge is 0.479 e. The molecule has 0 bridgehead atoms. The zero-order valence-corrected chi connectivity index (χ0v) is 10.0. The van der Waals surface area contributed by atoms with Gasteiger partial charge in [-0.3, -0.25) is 4.79 Å². The fourth-order valence-corrected chi connectivity index (χ4v) is 1.12. The van der Waals surface area contributed by atoms with Crippen molar-refractivity contribution in [3.8, 4) is 0 Å². The molecule has 0 aliphatic carbocycles. The zero-order valence-electron chi connectivity index (χ0n) is 10.0. The molecule has 0 fully saturated rings. The summed E-state index contributed by atoms with van der Waals surface area (Å²) in [5.74, 6) is -3.12. The third-order valence-electron chi connectivity index (χ3n) is 2.61. The van der Waals surface area contributed by atoms with Crippen LogP contribution in [0.5, 0.6) is 0 Å². The number of carbonyl (C=O) groups is 2. The first-order valence-corrected chi connectivity index (χ1v) is 5.18. The first-order chi connectivity index (χ1) is 7.65. The normalized spacial score (nSPS) is 19.9. The number of amides is 1. The Kier molecular flexibility index (Phi) is 5.53. The van der Waals surface area contributed by atoms with Gasteiger partial charge in [0.2, 0.25) is 5.91 Å². The average molecular weight is 249 g/mol. The van der Waals surface area contributed by atoms with Gasteiger partial charge in [-0.05, 0) is 13.8 Å². The summed E-state index contributed by atoms with van der Waals surface area (Å²) in [5, 5.41) is 38.4. The highest BCUT2D eigenvalue weighted by Crippen LogP contribution is 2.11. The Morgan fingerprint density at radius 2 is 1.76 bits per heavy atom. The number of hydrogen-bond acceptors (Lipinski definition) is 5. The quantitative estimate of drug-likeness (QED) is 0.382. The van der Waals surface area contributed by atoms with Crippen molar-refractivity contribution in [2.75, 3.05) is 6.61 Å². The van der Waals surface area contributed by atoms with Crippen LogP contribution in [0.1, 0.15) is 20.8 Å². The van der Waals surface area contributed by atoms with Crippen molar-refractivity contribution in [1.82, 2.24) is 5.32 Å². The van der Waals surface area contributed by atoms with Crippen LogP contribution in [0.2, 0.25) is 0 Å². The van der Waals surface area contributed by atoms with E-state index in [-0.39, 0.29) is 0 Å². The summed E-state index contributed by atoms with van der Waals surface area (Å²) >= 11 is 0. The molecule has 100 valence electrons. The van der Waals surface area contributed by atoms with E-state index in [0.29, 0.717) is 0 Å². The van der Waals surface area contributed by atoms with E-state index in [9.17, 15) is 14.7 Å². The lowest BCUT2D eigenvalue weighted by molar-refractivity contribution is -0.150. The van der Waals surface area contributed by atoms with Crippen LogP contribution in [-0.2, 0) is 9.59 Å². The highest BCUT2D eigenvalue weighted by atomic mass is 16.4. The number of carboxylic acid groups (broad SMARTS) is 1. The standard InChI is InChI=1S/C10H19NO6/c1-5(7(14)6(2)13)8(15)11-10(3,4-12)9(16)17/h5-7,12-14H,4H2,1-3H3,(H,11,15)(H,16,17). The SMILES string of the molecule is CC(O)C(O)C(C)C(=O)NC(C)(CO)C(=O)O. The van der Waals surface area contributed by atoms with Crippen molar-refractivity contribution in [3.05, 3.63) is 0 Å². The summed E-state index contributed by atoms with van der Waals surface area (Å²) in [6, 6.07) is 0. The Bertz CT molecular complexity index is 293. The van der Waals surface area contributed by atoms with Gasteiger partial charge in [0.15, 0.2) is 5.54 Å². The summed E-state index contributed by atoms with van der Waals surface area (Å²) in [5.41, 5.74) is -1.80. The Morgan fingerprint density at radius 1 is 1.29 bits per heavy atom. The van der Waals surface area contributed by atoms with Crippen LogP contribution >= 0.6 is 0 Å². The molecular formula is C10H19NO6. The molecule has 1 amide bonds. The van der Waals surface area contributed by atoms with Gasteiger partial charge in [-0.15, -0.1) is 0 Å². The predicted molar refractivity (Wildman–Crippen MR) is 58.1 cm³/mol. The highest BCUT2D eigenvalue weighted by molar-refractivity contribution is 5.88. The van der Waals surface area contributed by atoms with Crippen LogP contribution in [0.25, 0.3) is 0 Å². The molecule has 0 spiro atoms. The number of aliphatic hydroxyl groups excluding tert-OH is 3. The molecule has 4 atom stereocenters. The van der Waals surface area contributed by atoms with Gasteiger partial charge in [-0.2, -0.15) is 0 Å². The fourth-order valence-electron chi connectivity index (χ4n) is 1.12. The summed E-state index contributed by atoms with van der Waals surface area (Å²) in [6.45, 7) is 3.05. The van der Waals surface area contributed by atoms with Crippen molar-refractivity contribution in [2.24, 2.45) is 5.92 Å². The first kappa shape index (κ1) is 15.8. The number of aliphatic carboxylic acids is 1. The Morgan fingerprint density at radius 3 is 2.06 bits per heavy atom. The van der Waals surface area contributed by atoms with Crippen molar-refractivity contribution in [2.45, 2.75) is 38.5 Å². The van der Waals surface area contributed by atoms with Gasteiger partial charge in [0.1, 0.15) is 0 Å². The second kappa shape index (κ2) is 5.95. The van der Waals surface area contributed by atoms with Crippen LogP contribution in [0.3, 0.4) is 0 Å². The van der Waals surface area contributed by atoms with Crippen LogP contribution in [-0.4, -0.2) is 56.7 Å². The summed E-state index contributed by atoms with van der Waals surface area (Å²) in [4.78, 5) is 22.4. The van der Waals surface area contributed by atoms with Crippen LogP contribution < -0.4 is 5.32 Å². The zero-order chi connectivity index (χ0) is 13.8. The summed E-state index contributed by atoms with van der Waals surface area (Å²) in [6.07, 6.45) is -2.41. The van der Waals surface area contributed by atoms with Crippen molar-refractivity contribution < 1.29 is 30.0 Å². The van der Waals surface area contributed by atoms with Crippen LogP contribution in [0.15, 0.2) is 0 Å². The van der Waals surface area contributed by atoms with Crippen molar-refractivity contribution >= 4 is 11.9 Å². The third kappa shape index (κ3) is 3.95. The van der Waals surface area contributed by atoms with Gasteiger partial charge < -0.3 is 25.7 Å². The number of nitrogens with one attached hydrogen (secondary N) is 1. The van der Waals surface area contributed by atoms with Gasteiger partial charge >= 0.3 is 5.97 Å². The Balaban J connectivity index is 4.69. The van der Waals surface area contributed by atoms with Crippen molar-refractivity contribution in [3.63, 3.8) is 0 Å². The molecule has 0 saturated heterocycles. The second-order valence-electron chi connectivity index (χ2n) is 4.30. The molecule has 0 aromatic carbocycles. The molecule has 0 aromatic heterocycles. The van der Waals surface area contributed by atoms with Crippen LogP contribution in [0.4, 0.5) is 0 Å². The van der Waals surface area contributed by atoms with E-state index in [1.807, 2.05) is 0 Å². The molecule has 0 radical (unpaired) electrons. The highest BCUT2D eigenvalue weighted by Gasteiger charge is 2.37. The van der Waals surface area contributed by atoms with Gasteiger partial charge in [0.05, 0.1) is 24.7 Å². The number of carboxylic acids is 1. The van der Waals surface area contributed by atoms with E-state index in [1.165, 1.54) is 13.8 Å². The number of aliphatic hydroxyl groups is 3. The van der Waals surface area contributed by atoms with Gasteiger partial charge in [0.25, 0.3) is 0 Å². The molecule has 0 heterocycles. The average Bonchev–Trinajstić information content (AvgIpc) is 2.26. The number of carbonyl (C=O) groups excluding carboxylic acids is 1. The van der Waals surface area contributed by atoms with E-state index in [0.717, 1.165) is 6.92 Å². The monoisotopic (exact) mass is 249 g/mol. The fraction of sp³-hybridized carbons (Fsp3) is 0.800. The van der Waals surface area contributed by atoms with Crippen LogP contribution in [0, 0.1) is 5.92 Å². The molecule has 0 aliphatic heterocycles. The topological polar surface area (TPSA) is 127 Å². The van der Waals surface area contributed by atoms with Crippen molar-refractivity contribution in [1.29, 1.82) is 0 Å². The molecule has 4 unspecified atom stereocenters. The Labute approximate surface area is 99.1 Å². The molecule has 0 rings (SSSR count). The number of hydrogen-bond donors (Lipinski definition) is 5. The summed E-state index contributed by atoms with van der Waals surface area (Å²) < 4.78 is 0. The molecule has 17 heavy (non-hydrogen) atoms. The minimum Gasteiger partial charge on any atom is -0.479 e. The number of rotatable bonds is 6. The lowest BCUT2D eigenvalue weighted by atomic mass is 9.97. The lowest BCUT2D eigenvalue weighted by Gasteiger charge is -2.27. The smallest absolute Gasteiger partial charge is 0.331 e. The minimum absolute atomic E-state index is 0.752. The maximum absolute atomic E-state index is 11.6. The summed E-state index contributed by atoms with van der Waals surface area (Å²) in [7, 11) is 0. The molecule has 0 saturated carbocycles. The third-order valence-corrected chi connectivity index (χ3v) is 2.61. The minimum atomic E-state index is -1.80. The molecule has 7 nitrogen and oxygen atoms in total. The Hall–Kier alpha value is -1.18. The van der Waals surface area contributed by atoms with Gasteiger partial charge in [0, 0.05) is 0 Å². The van der Waals surface area contributed by atoms with E-state index < -0.39 is 42.1 Å². The van der Waals surface area contributed by atoms with Gasteiger partial charge in [-0.25, -0.2) is 4.79 Å². The molecule has 0 aliphatic rings. The maximum atomic E-state index is 11.6. The maximum Gasteiger partial charge on any atom is 0.331 e.